The van der Waals surface area contributed by atoms with Gasteiger partial charge in [0.15, 0.2) is 0 Å². The third kappa shape index (κ3) is 4.03. The molecule has 3 aromatic rings. The van der Waals surface area contributed by atoms with Gasteiger partial charge in [-0.15, -0.1) is 11.3 Å². The van der Waals surface area contributed by atoms with Crippen molar-refractivity contribution in [2.45, 2.75) is 32.4 Å². The summed E-state index contributed by atoms with van der Waals surface area (Å²) < 4.78 is 0. The van der Waals surface area contributed by atoms with Gasteiger partial charge < -0.3 is 10.2 Å². The highest BCUT2D eigenvalue weighted by Gasteiger charge is 2.44. The summed E-state index contributed by atoms with van der Waals surface area (Å²) in [6.45, 7) is 5.28. The molecule has 0 fully saturated rings. The van der Waals surface area contributed by atoms with Crippen molar-refractivity contribution in [1.29, 1.82) is 0 Å². The summed E-state index contributed by atoms with van der Waals surface area (Å²) in [4.78, 5) is 29.9. The number of amides is 2. The van der Waals surface area contributed by atoms with Gasteiger partial charge in [0.1, 0.15) is 0 Å². The lowest BCUT2D eigenvalue weighted by molar-refractivity contribution is -0.124. The van der Waals surface area contributed by atoms with Crippen molar-refractivity contribution >= 4 is 23.2 Å². The molecule has 1 N–H and O–H groups in total. The second-order valence-corrected chi connectivity index (χ2v) is 9.06. The molecule has 30 heavy (non-hydrogen) atoms. The Balaban J connectivity index is 1.74. The molecule has 0 radical (unpaired) electrons. The number of nitrogens with zero attached hydrogens (tertiary/aromatic N) is 1. The van der Waals surface area contributed by atoms with Crippen LogP contribution in [0.4, 0.5) is 0 Å². The second-order valence-electron chi connectivity index (χ2n) is 8.08. The van der Waals surface area contributed by atoms with Crippen LogP contribution in [0.5, 0.6) is 0 Å². The molecule has 0 bridgehead atoms. The number of hydrogen-bond acceptors (Lipinski definition) is 3. The van der Waals surface area contributed by atoms with Gasteiger partial charge in [-0.05, 0) is 34.6 Å². The van der Waals surface area contributed by atoms with Crippen LogP contribution in [-0.4, -0.2) is 23.3 Å². The highest BCUT2D eigenvalue weighted by Crippen LogP contribution is 2.44. The van der Waals surface area contributed by atoms with Crippen LogP contribution in [0, 0.1) is 5.92 Å². The highest BCUT2D eigenvalue weighted by molar-refractivity contribution is 7.10. The van der Waals surface area contributed by atoms with Crippen LogP contribution in [0.1, 0.15) is 52.2 Å². The number of nitrogens with one attached hydrogen (secondary N) is 1. The Morgan fingerprint density at radius 1 is 1.03 bits per heavy atom. The summed E-state index contributed by atoms with van der Waals surface area (Å²) in [5.74, 6) is -0.189. The Labute approximate surface area is 181 Å². The predicted molar refractivity (Wildman–Crippen MR) is 120 cm³/mol. The zero-order chi connectivity index (χ0) is 21.1. The average molecular weight is 419 g/mol. The number of fused-ring (bicyclic) bond motifs is 1. The Kier molecular flexibility index (Phi) is 6.00. The summed E-state index contributed by atoms with van der Waals surface area (Å²) in [5.41, 5.74) is 2.50. The molecule has 0 saturated carbocycles. The van der Waals surface area contributed by atoms with Gasteiger partial charge in [-0.3, -0.25) is 9.59 Å². The van der Waals surface area contributed by atoms with Crippen LogP contribution in [0.25, 0.3) is 0 Å². The van der Waals surface area contributed by atoms with Crippen molar-refractivity contribution in [2.75, 3.05) is 6.54 Å². The van der Waals surface area contributed by atoms with Gasteiger partial charge in [-0.25, -0.2) is 0 Å². The molecule has 0 unspecified atom stereocenters. The number of carbonyl (C=O) groups is 2. The standard InChI is InChI=1S/C25H26N2O2S/c1-17(2)16-27-23(21-13-8-14-30-21)22(19-11-6-7-12-20(19)25(27)29)24(28)26-15-18-9-4-3-5-10-18/h3-14,17,22-23H,15-16H2,1-2H3,(H,26,28)/t22-,23-/m0/s1. The van der Waals surface area contributed by atoms with E-state index in [2.05, 4.69) is 19.2 Å². The molecule has 154 valence electrons. The molecule has 2 aromatic carbocycles. The zero-order valence-electron chi connectivity index (χ0n) is 17.2. The maximum Gasteiger partial charge on any atom is 0.254 e. The van der Waals surface area contributed by atoms with Crippen LogP contribution in [0.3, 0.4) is 0 Å². The average Bonchev–Trinajstić information content (AvgIpc) is 3.29. The molecule has 1 aliphatic rings. The molecule has 2 atom stereocenters. The lowest BCUT2D eigenvalue weighted by atomic mass is 9.81. The van der Waals surface area contributed by atoms with E-state index in [0.717, 1.165) is 16.0 Å². The van der Waals surface area contributed by atoms with Gasteiger partial charge in [0.25, 0.3) is 5.91 Å². The smallest absolute Gasteiger partial charge is 0.254 e. The Bertz CT molecular complexity index is 1010. The molecule has 4 nitrogen and oxygen atoms in total. The number of rotatable bonds is 6. The zero-order valence-corrected chi connectivity index (χ0v) is 18.1. The topological polar surface area (TPSA) is 49.4 Å². The van der Waals surface area contributed by atoms with Crippen LogP contribution in [0.15, 0.2) is 72.1 Å². The number of benzene rings is 2. The number of carbonyl (C=O) groups excluding carboxylic acids is 2. The first kappa shape index (κ1) is 20.4. The molecule has 2 amide bonds. The van der Waals surface area contributed by atoms with Crippen molar-refractivity contribution in [3.63, 3.8) is 0 Å². The predicted octanol–water partition coefficient (Wildman–Crippen LogP) is 5.00. The Hall–Kier alpha value is -2.92. The number of thiophene rings is 1. The van der Waals surface area contributed by atoms with E-state index in [1.165, 1.54) is 0 Å². The molecular weight excluding hydrogens is 392 g/mol. The molecule has 4 rings (SSSR count). The van der Waals surface area contributed by atoms with E-state index in [0.29, 0.717) is 24.6 Å². The van der Waals surface area contributed by atoms with E-state index in [1.807, 2.05) is 77.0 Å². The summed E-state index contributed by atoms with van der Waals surface area (Å²) >= 11 is 1.60. The molecule has 5 heteroatoms. The minimum atomic E-state index is -0.444. The largest absolute Gasteiger partial charge is 0.351 e. The van der Waals surface area contributed by atoms with E-state index in [4.69, 9.17) is 0 Å². The van der Waals surface area contributed by atoms with Gasteiger partial charge in [0.2, 0.25) is 5.91 Å². The summed E-state index contributed by atoms with van der Waals surface area (Å²) in [5, 5.41) is 5.12. The fraction of sp³-hybridized carbons (Fsp3) is 0.280. The fourth-order valence-electron chi connectivity index (χ4n) is 4.14. The molecular formula is C25H26N2O2S. The lowest BCUT2D eigenvalue weighted by Gasteiger charge is -2.42. The van der Waals surface area contributed by atoms with Gasteiger partial charge in [0, 0.05) is 23.5 Å². The van der Waals surface area contributed by atoms with E-state index in [-0.39, 0.29) is 17.9 Å². The van der Waals surface area contributed by atoms with Crippen LogP contribution in [-0.2, 0) is 11.3 Å². The third-order valence-electron chi connectivity index (χ3n) is 5.43. The first-order valence-corrected chi connectivity index (χ1v) is 11.2. The van der Waals surface area contributed by atoms with E-state index >= 15 is 0 Å². The molecule has 2 heterocycles. The molecule has 0 spiro atoms. The number of hydrogen-bond donors (Lipinski definition) is 1. The summed E-state index contributed by atoms with van der Waals surface area (Å²) in [6, 6.07) is 21.2. The third-order valence-corrected chi connectivity index (χ3v) is 6.37. The molecule has 1 aliphatic heterocycles. The first-order chi connectivity index (χ1) is 14.6. The fourth-order valence-corrected chi connectivity index (χ4v) is 5.02. The van der Waals surface area contributed by atoms with E-state index < -0.39 is 5.92 Å². The Morgan fingerprint density at radius 3 is 2.47 bits per heavy atom. The van der Waals surface area contributed by atoms with Crippen molar-refractivity contribution in [3.8, 4) is 0 Å². The van der Waals surface area contributed by atoms with Crippen molar-refractivity contribution in [2.24, 2.45) is 5.92 Å². The van der Waals surface area contributed by atoms with Crippen molar-refractivity contribution in [3.05, 3.63) is 93.7 Å². The molecule has 0 saturated heterocycles. The minimum Gasteiger partial charge on any atom is -0.351 e. The highest BCUT2D eigenvalue weighted by atomic mass is 32.1. The quantitative estimate of drug-likeness (QED) is 0.612. The Morgan fingerprint density at radius 2 is 1.77 bits per heavy atom. The maximum atomic E-state index is 13.5. The van der Waals surface area contributed by atoms with E-state index in [9.17, 15) is 9.59 Å². The first-order valence-electron chi connectivity index (χ1n) is 10.3. The van der Waals surface area contributed by atoms with Gasteiger partial charge in [0.05, 0.1) is 12.0 Å². The maximum absolute atomic E-state index is 13.5. The minimum absolute atomic E-state index is 0.00445. The van der Waals surface area contributed by atoms with Crippen LogP contribution in [0.2, 0.25) is 0 Å². The van der Waals surface area contributed by atoms with Crippen molar-refractivity contribution in [1.82, 2.24) is 10.2 Å². The monoisotopic (exact) mass is 418 g/mol. The molecule has 0 aliphatic carbocycles. The van der Waals surface area contributed by atoms with Crippen LogP contribution >= 0.6 is 11.3 Å². The lowest BCUT2D eigenvalue weighted by Crippen LogP contribution is -2.48. The normalized spacial score (nSPS) is 18.4. The second kappa shape index (κ2) is 8.84. The van der Waals surface area contributed by atoms with Crippen molar-refractivity contribution < 1.29 is 9.59 Å². The SMILES string of the molecule is CC(C)CN1C(=O)c2ccccc2[C@H](C(=O)NCc2ccccc2)[C@@H]1c1cccs1. The van der Waals surface area contributed by atoms with Gasteiger partial charge >= 0.3 is 0 Å². The van der Waals surface area contributed by atoms with Crippen LogP contribution < -0.4 is 5.32 Å². The summed E-state index contributed by atoms with van der Waals surface area (Å²) in [7, 11) is 0. The van der Waals surface area contributed by atoms with Gasteiger partial charge in [-0.1, -0.05) is 68.4 Å². The summed E-state index contributed by atoms with van der Waals surface area (Å²) in [6.07, 6.45) is 0. The van der Waals surface area contributed by atoms with Gasteiger partial charge in [-0.2, -0.15) is 0 Å². The molecule has 1 aromatic heterocycles. The van der Waals surface area contributed by atoms with E-state index in [1.54, 1.807) is 11.3 Å².